The minimum Gasteiger partial charge on any atom is -0.0795 e. The van der Waals surface area contributed by atoms with Gasteiger partial charge in [0.1, 0.15) is 0 Å². The number of fused-ring (bicyclic) bond motifs is 3. The molecule has 0 saturated heterocycles. The van der Waals surface area contributed by atoms with Crippen LogP contribution in [0.1, 0.15) is 78.3 Å². The number of rotatable bonds is 4. The third-order valence-corrected chi connectivity index (χ3v) is 8.56. The van der Waals surface area contributed by atoms with Crippen molar-refractivity contribution in [3.05, 3.63) is 130 Å². The van der Waals surface area contributed by atoms with Crippen LogP contribution in [0.4, 0.5) is 0 Å². The van der Waals surface area contributed by atoms with Gasteiger partial charge in [-0.1, -0.05) is 111 Å². The topological polar surface area (TPSA) is 0 Å². The summed E-state index contributed by atoms with van der Waals surface area (Å²) < 4.78 is 0. The molecule has 182 valence electrons. The largest absolute Gasteiger partial charge is 0.0795 e. The maximum Gasteiger partial charge on any atom is -0.000101 e. The fourth-order valence-corrected chi connectivity index (χ4v) is 6.61. The van der Waals surface area contributed by atoms with Crippen LogP contribution in [0.5, 0.6) is 0 Å². The molecule has 0 bridgehead atoms. The molecule has 5 aliphatic carbocycles. The molecule has 5 aliphatic rings. The highest BCUT2D eigenvalue weighted by atomic mass is 14.3. The Labute approximate surface area is 217 Å². The van der Waals surface area contributed by atoms with Crippen LogP contribution in [-0.4, -0.2) is 0 Å². The van der Waals surface area contributed by atoms with Crippen LogP contribution in [0.25, 0.3) is 12.2 Å². The average molecular weight is 471 g/mol. The number of hydrogen-bond donors (Lipinski definition) is 0. The summed E-state index contributed by atoms with van der Waals surface area (Å²) in [4.78, 5) is 0. The smallest absolute Gasteiger partial charge is 0.000101 e. The van der Waals surface area contributed by atoms with Gasteiger partial charge in [0.05, 0.1) is 0 Å². The maximum absolute atomic E-state index is 2.56. The van der Waals surface area contributed by atoms with E-state index in [0.29, 0.717) is 17.8 Å². The van der Waals surface area contributed by atoms with Crippen molar-refractivity contribution < 1.29 is 0 Å². The molecule has 0 N–H and O–H groups in total. The van der Waals surface area contributed by atoms with Gasteiger partial charge in [0.25, 0.3) is 0 Å². The lowest BCUT2D eigenvalue weighted by Gasteiger charge is -2.12. The van der Waals surface area contributed by atoms with Crippen molar-refractivity contribution in [3.63, 3.8) is 0 Å². The first-order valence-corrected chi connectivity index (χ1v) is 14.1. The van der Waals surface area contributed by atoms with Gasteiger partial charge in [0.2, 0.25) is 0 Å². The third kappa shape index (κ3) is 4.92. The van der Waals surface area contributed by atoms with Gasteiger partial charge >= 0.3 is 0 Å². The number of allylic oxidation sites excluding steroid dienone is 10. The molecule has 2 aromatic carbocycles. The second kappa shape index (κ2) is 10.5. The van der Waals surface area contributed by atoms with E-state index >= 15 is 0 Å². The van der Waals surface area contributed by atoms with Crippen molar-refractivity contribution in [1.29, 1.82) is 0 Å². The van der Waals surface area contributed by atoms with Crippen molar-refractivity contribution >= 4 is 12.2 Å². The van der Waals surface area contributed by atoms with E-state index in [0.717, 1.165) is 12.8 Å². The summed E-state index contributed by atoms with van der Waals surface area (Å²) >= 11 is 0. The molecule has 0 aromatic heterocycles. The second-order valence-corrected chi connectivity index (χ2v) is 11.1. The van der Waals surface area contributed by atoms with E-state index in [-0.39, 0.29) is 0 Å². The molecule has 0 heteroatoms. The monoisotopic (exact) mass is 470 g/mol. The van der Waals surface area contributed by atoms with Gasteiger partial charge < -0.3 is 0 Å². The van der Waals surface area contributed by atoms with Crippen molar-refractivity contribution in [1.82, 2.24) is 0 Å². The maximum atomic E-state index is 2.56. The van der Waals surface area contributed by atoms with E-state index in [1.54, 1.807) is 11.1 Å². The molecule has 2 aromatic rings. The van der Waals surface area contributed by atoms with Crippen LogP contribution in [0, 0.1) is 11.8 Å². The zero-order chi connectivity index (χ0) is 24.3. The first-order chi connectivity index (χ1) is 17.7. The van der Waals surface area contributed by atoms with Gasteiger partial charge in [0, 0.05) is 0 Å². The van der Waals surface area contributed by atoms with Crippen molar-refractivity contribution in [2.75, 3.05) is 0 Å². The standard InChI is InChI=1S/C21H24.C15H14/c1-15-10-11-21-19(8-5-9-20(15)21)14-16-12-17-6-3-2-4-7-18(17)13-16;1-2-6-12(5-1)11-14-9-3-7-13-8-4-10-15(13)14/h5,8-13,15-16H,2-4,6-7,14H2,1H3;1-7,9-10,12H,8,11H2. The first-order valence-electron chi connectivity index (χ1n) is 14.1. The van der Waals surface area contributed by atoms with E-state index in [1.165, 1.54) is 71.9 Å². The fraction of sp³-hybridized carbons (Fsp3) is 0.333. The van der Waals surface area contributed by atoms with E-state index in [2.05, 4.69) is 104 Å². The molecular formula is C36H38. The van der Waals surface area contributed by atoms with E-state index < -0.39 is 0 Å². The van der Waals surface area contributed by atoms with Crippen LogP contribution in [0.3, 0.4) is 0 Å². The molecule has 1 unspecified atom stereocenters. The molecule has 0 heterocycles. The lowest BCUT2D eigenvalue weighted by Crippen LogP contribution is -2.00. The molecule has 0 nitrogen and oxygen atoms in total. The zero-order valence-corrected chi connectivity index (χ0v) is 21.6. The van der Waals surface area contributed by atoms with Crippen LogP contribution in [-0.2, 0) is 19.3 Å². The molecule has 0 aliphatic heterocycles. The fourth-order valence-electron chi connectivity index (χ4n) is 6.61. The van der Waals surface area contributed by atoms with Gasteiger partial charge in [-0.3, -0.25) is 0 Å². The predicted molar refractivity (Wildman–Crippen MR) is 155 cm³/mol. The molecule has 36 heavy (non-hydrogen) atoms. The van der Waals surface area contributed by atoms with Gasteiger partial charge in [-0.2, -0.15) is 0 Å². The Bertz CT molecular complexity index is 1270. The first kappa shape index (κ1) is 23.3. The summed E-state index contributed by atoms with van der Waals surface area (Å²) in [6, 6.07) is 13.5. The highest BCUT2D eigenvalue weighted by Gasteiger charge is 2.22. The summed E-state index contributed by atoms with van der Waals surface area (Å²) in [5.41, 5.74) is 12.3. The normalized spacial score (nSPS) is 21.5. The quantitative estimate of drug-likeness (QED) is 0.417. The molecule has 0 spiro atoms. The Morgan fingerprint density at radius 2 is 1.39 bits per heavy atom. The Balaban J connectivity index is 0.000000141. The lowest BCUT2D eigenvalue weighted by atomic mass is 9.92. The van der Waals surface area contributed by atoms with E-state index in [4.69, 9.17) is 0 Å². The Kier molecular flexibility index (Phi) is 6.77. The number of hydrogen-bond acceptors (Lipinski definition) is 0. The summed E-state index contributed by atoms with van der Waals surface area (Å²) in [7, 11) is 0. The zero-order valence-electron chi connectivity index (χ0n) is 21.6. The molecule has 1 atom stereocenters. The van der Waals surface area contributed by atoms with Crippen LogP contribution in [0.15, 0.2) is 96.2 Å². The molecule has 1 fully saturated rings. The van der Waals surface area contributed by atoms with Gasteiger partial charge in [-0.05, 0) is 107 Å². The molecular weight excluding hydrogens is 432 g/mol. The van der Waals surface area contributed by atoms with Gasteiger partial charge in [0.15, 0.2) is 0 Å². The van der Waals surface area contributed by atoms with Crippen LogP contribution >= 0.6 is 0 Å². The summed E-state index contributed by atoms with van der Waals surface area (Å²) in [5.74, 6) is 1.82. The van der Waals surface area contributed by atoms with Crippen molar-refractivity contribution in [3.8, 4) is 0 Å². The minimum absolute atomic E-state index is 0.589. The molecule has 1 saturated carbocycles. The van der Waals surface area contributed by atoms with E-state index in [9.17, 15) is 0 Å². The molecule has 0 radical (unpaired) electrons. The predicted octanol–water partition coefficient (Wildman–Crippen LogP) is 9.35. The summed E-state index contributed by atoms with van der Waals surface area (Å²) in [6.45, 7) is 2.30. The minimum atomic E-state index is 0.589. The Morgan fingerprint density at radius 1 is 0.694 bits per heavy atom. The van der Waals surface area contributed by atoms with Crippen molar-refractivity contribution in [2.24, 2.45) is 11.8 Å². The lowest BCUT2D eigenvalue weighted by molar-refractivity contribution is 0.710. The summed E-state index contributed by atoms with van der Waals surface area (Å²) in [5, 5.41) is 0. The highest BCUT2D eigenvalue weighted by Crippen LogP contribution is 2.38. The SMILES string of the molecule is C1=CC(Cc2cccc3c2C=CC3)C=C1.CC1C=Cc2c(CC3C=C4CCCCCC4=C3)cccc21. The van der Waals surface area contributed by atoms with Crippen LogP contribution < -0.4 is 0 Å². The van der Waals surface area contributed by atoms with Gasteiger partial charge in [-0.15, -0.1) is 0 Å². The highest BCUT2D eigenvalue weighted by molar-refractivity contribution is 5.66. The third-order valence-electron chi connectivity index (χ3n) is 8.56. The Morgan fingerprint density at radius 3 is 2.17 bits per heavy atom. The number of benzene rings is 2. The van der Waals surface area contributed by atoms with Crippen molar-refractivity contribution in [2.45, 2.75) is 64.2 Å². The average Bonchev–Trinajstić information content (AvgIpc) is 3.68. The van der Waals surface area contributed by atoms with E-state index in [1.807, 2.05) is 0 Å². The molecule has 7 rings (SSSR count). The second-order valence-electron chi connectivity index (χ2n) is 11.1. The van der Waals surface area contributed by atoms with Gasteiger partial charge in [-0.25, -0.2) is 0 Å². The molecule has 0 amide bonds. The Hall–Kier alpha value is -3.12. The summed E-state index contributed by atoms with van der Waals surface area (Å²) in [6.07, 6.45) is 33.4. The van der Waals surface area contributed by atoms with Crippen LogP contribution in [0.2, 0.25) is 0 Å².